The predicted octanol–water partition coefficient (Wildman–Crippen LogP) is 3.06. The lowest BCUT2D eigenvalue weighted by Gasteiger charge is -2.44. The van der Waals surface area contributed by atoms with Gasteiger partial charge in [-0.3, -0.25) is 9.89 Å². The van der Waals surface area contributed by atoms with Crippen LogP contribution >= 0.6 is 0 Å². The first-order chi connectivity index (χ1) is 11.9. The zero-order valence-electron chi connectivity index (χ0n) is 14.3. The Morgan fingerprint density at radius 2 is 2.08 bits per heavy atom. The normalized spacial score (nSPS) is 24.5. The molecule has 2 heterocycles. The van der Waals surface area contributed by atoms with Gasteiger partial charge in [-0.1, -0.05) is 18.2 Å². The van der Waals surface area contributed by atoms with Crippen molar-refractivity contribution in [2.45, 2.75) is 43.9 Å². The van der Waals surface area contributed by atoms with Crippen LogP contribution in [-0.2, 0) is 5.60 Å². The summed E-state index contributed by atoms with van der Waals surface area (Å²) in [6, 6.07) is 2.65. The predicted molar refractivity (Wildman–Crippen MR) is 95.1 cm³/mol. The maximum atomic E-state index is 14.5. The Morgan fingerprint density at radius 1 is 1.36 bits per heavy atom. The van der Waals surface area contributed by atoms with Crippen LogP contribution in [0.5, 0.6) is 0 Å². The van der Waals surface area contributed by atoms with Crippen molar-refractivity contribution in [1.82, 2.24) is 4.90 Å². The highest BCUT2D eigenvalue weighted by atomic mass is 19.1. The Labute approximate surface area is 146 Å². The largest absolute Gasteiger partial charge is 0.383 e. The number of aliphatic hydroxyl groups is 1. The summed E-state index contributed by atoms with van der Waals surface area (Å²) in [7, 11) is 0. The fourth-order valence-electron chi connectivity index (χ4n) is 3.60. The van der Waals surface area contributed by atoms with E-state index in [2.05, 4.69) is 21.5 Å². The molecule has 4 nitrogen and oxygen atoms in total. The van der Waals surface area contributed by atoms with Crippen molar-refractivity contribution in [1.29, 1.82) is 0 Å². The Kier molecular flexibility index (Phi) is 5.11. The highest BCUT2D eigenvalue weighted by molar-refractivity contribution is 5.82. The smallest absolute Gasteiger partial charge is 0.132 e. The van der Waals surface area contributed by atoms with Crippen molar-refractivity contribution in [3.05, 3.63) is 47.5 Å². The molecule has 1 saturated heterocycles. The first-order valence-electron chi connectivity index (χ1n) is 8.53. The second kappa shape index (κ2) is 7.14. The van der Waals surface area contributed by atoms with Crippen LogP contribution in [0.1, 0.15) is 31.7 Å². The van der Waals surface area contributed by atoms with Crippen molar-refractivity contribution >= 4 is 12.6 Å². The number of hydrogen-bond donors (Lipinski definition) is 1. The Bertz CT molecular complexity index is 697. The van der Waals surface area contributed by atoms with E-state index in [0.717, 1.165) is 32.0 Å². The lowest BCUT2D eigenvalue weighted by atomic mass is 9.80. The fraction of sp³-hybridized carbons (Fsp3) is 0.474. The second-order valence-corrected chi connectivity index (χ2v) is 6.84. The summed E-state index contributed by atoms with van der Waals surface area (Å²) in [4.78, 5) is 10.3. The van der Waals surface area contributed by atoms with Crippen LogP contribution < -0.4 is 0 Å². The summed E-state index contributed by atoms with van der Waals surface area (Å²) in [5.41, 5.74) is -0.219. The van der Waals surface area contributed by atoms with Crippen LogP contribution in [0, 0.1) is 11.6 Å². The van der Waals surface area contributed by atoms with E-state index in [4.69, 9.17) is 0 Å². The standard InChI is InChI=1S/C19H23F2N3O/c1-13-5-7-24(8-6-13)14(2)19(25,10-16-11-22-12-23-16)17-4-3-15(20)9-18(17)21/h3-4,9,11-12,14,16,25H,1,5-8,10H2,2H3/t14-,16?,19-/m1/s1. The van der Waals surface area contributed by atoms with E-state index in [0.29, 0.717) is 0 Å². The minimum absolute atomic E-state index is 0.0984. The summed E-state index contributed by atoms with van der Waals surface area (Å²) in [5.74, 6) is -1.40. The second-order valence-electron chi connectivity index (χ2n) is 6.84. The van der Waals surface area contributed by atoms with Crippen molar-refractivity contribution < 1.29 is 13.9 Å². The fourth-order valence-corrected chi connectivity index (χ4v) is 3.60. The molecule has 3 rings (SSSR count). The lowest BCUT2D eigenvalue weighted by molar-refractivity contribution is -0.0578. The minimum Gasteiger partial charge on any atom is -0.383 e. The number of nitrogens with zero attached hydrogens (tertiary/aromatic N) is 3. The molecule has 6 heteroatoms. The maximum absolute atomic E-state index is 14.5. The molecule has 0 saturated carbocycles. The van der Waals surface area contributed by atoms with Gasteiger partial charge in [0.25, 0.3) is 0 Å². The SMILES string of the molecule is C=C1CCN([C@H](C)[C@](O)(CC2C=NC=N2)c2ccc(F)cc2F)CC1. The van der Waals surface area contributed by atoms with Gasteiger partial charge in [0.1, 0.15) is 23.6 Å². The Balaban J connectivity index is 1.94. The number of aliphatic imine (C=N–C) groups is 2. The first-order valence-corrected chi connectivity index (χ1v) is 8.53. The van der Waals surface area contributed by atoms with Gasteiger partial charge in [-0.15, -0.1) is 0 Å². The number of hydrogen-bond acceptors (Lipinski definition) is 4. The molecule has 3 atom stereocenters. The third-order valence-corrected chi connectivity index (χ3v) is 5.24. The summed E-state index contributed by atoms with van der Waals surface area (Å²) in [6.45, 7) is 7.40. The molecular weight excluding hydrogens is 324 g/mol. The van der Waals surface area contributed by atoms with Gasteiger partial charge >= 0.3 is 0 Å². The average molecular weight is 347 g/mol. The molecule has 2 aliphatic heterocycles. The molecule has 0 radical (unpaired) electrons. The first kappa shape index (κ1) is 17.9. The van der Waals surface area contributed by atoms with E-state index in [-0.39, 0.29) is 24.1 Å². The van der Waals surface area contributed by atoms with Crippen LogP contribution in [0.15, 0.2) is 40.3 Å². The van der Waals surface area contributed by atoms with Crippen molar-refractivity contribution in [3.63, 3.8) is 0 Å². The van der Waals surface area contributed by atoms with E-state index in [1.807, 2.05) is 6.92 Å². The molecular formula is C19H23F2N3O. The van der Waals surface area contributed by atoms with E-state index >= 15 is 0 Å². The van der Waals surface area contributed by atoms with Gasteiger partial charge in [0.05, 0.1) is 6.04 Å². The average Bonchev–Trinajstić information content (AvgIpc) is 3.07. The molecule has 0 aromatic heterocycles. The molecule has 0 bridgehead atoms. The van der Waals surface area contributed by atoms with Crippen LogP contribution in [0.25, 0.3) is 0 Å². The van der Waals surface area contributed by atoms with E-state index < -0.39 is 17.2 Å². The summed E-state index contributed by atoms with van der Waals surface area (Å²) in [6.07, 6.45) is 4.97. The molecule has 1 aromatic carbocycles. The third-order valence-electron chi connectivity index (χ3n) is 5.24. The van der Waals surface area contributed by atoms with Gasteiger partial charge in [-0.05, 0) is 25.8 Å². The Hall–Kier alpha value is -1.92. The van der Waals surface area contributed by atoms with Gasteiger partial charge in [0, 0.05) is 43.4 Å². The number of benzene rings is 1. The number of likely N-dealkylation sites (tertiary alicyclic amines) is 1. The quantitative estimate of drug-likeness (QED) is 0.832. The van der Waals surface area contributed by atoms with E-state index in [9.17, 15) is 13.9 Å². The number of rotatable bonds is 5. The summed E-state index contributed by atoms with van der Waals surface area (Å²) >= 11 is 0. The molecule has 1 unspecified atom stereocenters. The molecule has 0 aliphatic carbocycles. The zero-order chi connectivity index (χ0) is 18.0. The maximum Gasteiger partial charge on any atom is 0.132 e. The number of halogens is 2. The minimum atomic E-state index is -1.51. The summed E-state index contributed by atoms with van der Waals surface area (Å²) < 4.78 is 27.9. The van der Waals surface area contributed by atoms with Crippen LogP contribution in [-0.4, -0.2) is 47.7 Å². The molecule has 2 aliphatic rings. The van der Waals surface area contributed by atoms with Crippen molar-refractivity contribution in [2.24, 2.45) is 9.98 Å². The van der Waals surface area contributed by atoms with E-state index in [1.165, 1.54) is 24.0 Å². The number of piperidine rings is 1. The third kappa shape index (κ3) is 3.70. The molecule has 1 N–H and O–H groups in total. The highest BCUT2D eigenvalue weighted by Gasteiger charge is 2.43. The van der Waals surface area contributed by atoms with Gasteiger partial charge in [0.2, 0.25) is 0 Å². The molecule has 134 valence electrons. The summed E-state index contributed by atoms with van der Waals surface area (Å²) in [5, 5.41) is 11.5. The molecule has 0 spiro atoms. The van der Waals surface area contributed by atoms with Gasteiger partial charge in [-0.25, -0.2) is 13.8 Å². The molecule has 1 aromatic rings. The Morgan fingerprint density at radius 3 is 2.68 bits per heavy atom. The van der Waals surface area contributed by atoms with Crippen LogP contribution in [0.3, 0.4) is 0 Å². The van der Waals surface area contributed by atoms with Crippen LogP contribution in [0.2, 0.25) is 0 Å². The van der Waals surface area contributed by atoms with Gasteiger partial charge < -0.3 is 5.11 Å². The molecule has 1 fully saturated rings. The van der Waals surface area contributed by atoms with Gasteiger partial charge in [-0.2, -0.15) is 0 Å². The molecule has 25 heavy (non-hydrogen) atoms. The van der Waals surface area contributed by atoms with Gasteiger partial charge in [0.15, 0.2) is 0 Å². The van der Waals surface area contributed by atoms with Crippen LogP contribution in [0.4, 0.5) is 8.78 Å². The van der Waals surface area contributed by atoms with Crippen molar-refractivity contribution in [2.75, 3.05) is 13.1 Å². The van der Waals surface area contributed by atoms with Crippen molar-refractivity contribution in [3.8, 4) is 0 Å². The highest BCUT2D eigenvalue weighted by Crippen LogP contribution is 2.37. The lowest BCUT2D eigenvalue weighted by Crippen LogP contribution is -2.52. The monoisotopic (exact) mass is 347 g/mol. The molecule has 0 amide bonds. The zero-order valence-corrected chi connectivity index (χ0v) is 14.3. The topological polar surface area (TPSA) is 48.2 Å². The van der Waals surface area contributed by atoms with E-state index in [1.54, 1.807) is 6.21 Å².